The smallest absolute Gasteiger partial charge is 0.384 e. The van der Waals surface area contributed by atoms with Crippen molar-refractivity contribution in [1.29, 1.82) is 0 Å². The first-order valence-corrected chi connectivity index (χ1v) is 12.1. The molecule has 0 bridgehead atoms. The van der Waals surface area contributed by atoms with Gasteiger partial charge in [0.1, 0.15) is 17.0 Å². The van der Waals surface area contributed by atoms with E-state index in [1.54, 1.807) is 12.4 Å². The molecule has 0 spiro atoms. The molecule has 9 nitrogen and oxygen atoms in total. The van der Waals surface area contributed by atoms with Crippen LogP contribution in [0.25, 0.3) is 27.9 Å². The van der Waals surface area contributed by atoms with Crippen molar-refractivity contribution in [2.75, 3.05) is 11.9 Å². The average molecular weight is 503 g/mol. The molecule has 1 aliphatic rings. The SMILES string of the molecule is CN(Cc1ccccc1)c1cc(-c2c[nH]c3ncccc23)nc2c(C(=O)OF)cnn12.OC1CCCC1. The number of carbonyl (C=O) groups is 1. The van der Waals surface area contributed by atoms with E-state index in [-0.39, 0.29) is 17.3 Å². The average Bonchev–Trinajstić information content (AvgIpc) is 3.68. The number of aliphatic hydroxyl groups is 1. The summed E-state index contributed by atoms with van der Waals surface area (Å²) in [5.41, 5.74) is 3.36. The number of carbonyl (C=O) groups excluding carboxylic acids is 1. The molecular weight excluding hydrogens is 475 g/mol. The Morgan fingerprint density at radius 1 is 1.22 bits per heavy atom. The minimum atomic E-state index is -1.14. The van der Waals surface area contributed by atoms with Crippen LogP contribution in [0.4, 0.5) is 10.3 Å². The standard InChI is InChI=1S/C22H17FN6O2.C5H10O/c1-28(13-14-6-3-2-4-7-14)19-10-18(16-11-25-20-15(16)8-5-9-24-20)27-21-17(22(30)31-23)12-26-29(19)21;6-5-3-1-2-4-5/h2-12H,13H2,1H3,(H,24,25);5-6H,1-4H2. The van der Waals surface area contributed by atoms with Gasteiger partial charge in [-0.2, -0.15) is 9.61 Å². The number of nitrogens with zero attached hydrogens (tertiary/aromatic N) is 5. The molecule has 4 heterocycles. The summed E-state index contributed by atoms with van der Waals surface area (Å²) in [5.74, 6) is -0.461. The highest BCUT2D eigenvalue weighted by Crippen LogP contribution is 2.30. The fourth-order valence-electron chi connectivity index (χ4n) is 4.55. The van der Waals surface area contributed by atoms with E-state index in [9.17, 15) is 9.32 Å². The van der Waals surface area contributed by atoms with Crippen LogP contribution in [0.3, 0.4) is 0 Å². The first-order valence-electron chi connectivity index (χ1n) is 12.1. The van der Waals surface area contributed by atoms with E-state index in [1.165, 1.54) is 23.6 Å². The third-order valence-electron chi connectivity index (χ3n) is 6.45. The third kappa shape index (κ3) is 5.14. The fourth-order valence-corrected chi connectivity index (χ4v) is 4.55. The van der Waals surface area contributed by atoms with Crippen molar-refractivity contribution in [1.82, 2.24) is 24.6 Å². The van der Waals surface area contributed by atoms with Crippen LogP contribution in [-0.2, 0) is 11.5 Å². The van der Waals surface area contributed by atoms with Crippen LogP contribution in [-0.4, -0.2) is 48.8 Å². The lowest BCUT2D eigenvalue weighted by Gasteiger charge is -2.21. The molecule has 0 amide bonds. The van der Waals surface area contributed by atoms with Crippen LogP contribution in [0.5, 0.6) is 0 Å². The fraction of sp³-hybridized carbons (Fsp3) is 0.259. The number of rotatable bonds is 5. The van der Waals surface area contributed by atoms with Gasteiger partial charge in [-0.05, 0) is 30.5 Å². The molecule has 4 aromatic heterocycles. The number of H-pyrrole nitrogens is 1. The van der Waals surface area contributed by atoms with E-state index in [0.717, 1.165) is 35.0 Å². The van der Waals surface area contributed by atoms with E-state index in [0.29, 0.717) is 18.1 Å². The largest absolute Gasteiger partial charge is 0.393 e. The maximum absolute atomic E-state index is 12.7. The minimum Gasteiger partial charge on any atom is -0.393 e. The Morgan fingerprint density at radius 2 is 2.00 bits per heavy atom. The Balaban J connectivity index is 0.000000412. The lowest BCUT2D eigenvalue weighted by Crippen LogP contribution is -2.20. The van der Waals surface area contributed by atoms with Crippen molar-refractivity contribution < 1.29 is 19.4 Å². The second-order valence-electron chi connectivity index (χ2n) is 9.04. The van der Waals surface area contributed by atoms with Gasteiger partial charge in [-0.25, -0.2) is 19.7 Å². The number of halogens is 1. The molecule has 0 unspecified atom stereocenters. The Morgan fingerprint density at radius 3 is 2.70 bits per heavy atom. The van der Waals surface area contributed by atoms with E-state index >= 15 is 0 Å². The van der Waals surface area contributed by atoms with E-state index < -0.39 is 5.97 Å². The molecule has 0 radical (unpaired) electrons. The van der Waals surface area contributed by atoms with Gasteiger partial charge in [0.25, 0.3) is 0 Å². The number of fused-ring (bicyclic) bond motifs is 2. The highest BCUT2D eigenvalue weighted by molar-refractivity contribution is 5.97. The topological polar surface area (TPSA) is 109 Å². The highest BCUT2D eigenvalue weighted by atomic mass is 19.3. The van der Waals surface area contributed by atoms with Gasteiger partial charge in [0.2, 0.25) is 0 Å². The summed E-state index contributed by atoms with van der Waals surface area (Å²) in [6.07, 6.45) is 9.36. The number of anilines is 1. The molecule has 0 atom stereocenters. The number of hydrogen-bond acceptors (Lipinski definition) is 7. The van der Waals surface area contributed by atoms with Crippen molar-refractivity contribution in [3.63, 3.8) is 0 Å². The van der Waals surface area contributed by atoms with Gasteiger partial charge < -0.3 is 15.0 Å². The maximum atomic E-state index is 12.7. The van der Waals surface area contributed by atoms with Gasteiger partial charge in [-0.15, -0.1) is 0 Å². The summed E-state index contributed by atoms with van der Waals surface area (Å²) in [5, 5.41) is 13.9. The summed E-state index contributed by atoms with van der Waals surface area (Å²) in [4.78, 5) is 29.4. The van der Waals surface area contributed by atoms with Crippen molar-refractivity contribution in [2.24, 2.45) is 0 Å². The second kappa shape index (κ2) is 10.8. The summed E-state index contributed by atoms with van der Waals surface area (Å²) < 4.78 is 14.2. The third-order valence-corrected chi connectivity index (χ3v) is 6.45. The van der Waals surface area contributed by atoms with Gasteiger partial charge >= 0.3 is 5.97 Å². The first-order chi connectivity index (χ1) is 18.0. The van der Waals surface area contributed by atoms with Crippen LogP contribution in [0.1, 0.15) is 41.6 Å². The molecule has 37 heavy (non-hydrogen) atoms. The lowest BCUT2D eigenvalue weighted by atomic mass is 10.1. The molecule has 2 N–H and O–H groups in total. The summed E-state index contributed by atoms with van der Waals surface area (Å²) in [6.45, 7) is 0.595. The quantitative estimate of drug-likeness (QED) is 0.353. The number of pyridine rings is 1. The zero-order chi connectivity index (χ0) is 25.8. The highest BCUT2D eigenvalue weighted by Gasteiger charge is 2.22. The van der Waals surface area contributed by atoms with Crippen LogP contribution in [0, 0.1) is 0 Å². The van der Waals surface area contributed by atoms with Crippen molar-refractivity contribution in [3.05, 3.63) is 78.2 Å². The maximum Gasteiger partial charge on any atom is 0.384 e. The molecule has 6 rings (SSSR count). The number of nitrogens with one attached hydrogen (secondary N) is 1. The van der Waals surface area contributed by atoms with Gasteiger partial charge in [-0.1, -0.05) is 43.2 Å². The molecule has 1 saturated carbocycles. The van der Waals surface area contributed by atoms with Gasteiger partial charge in [0.15, 0.2) is 5.65 Å². The minimum absolute atomic E-state index is 0.0463. The van der Waals surface area contributed by atoms with Crippen molar-refractivity contribution in [3.8, 4) is 11.3 Å². The molecule has 0 saturated heterocycles. The van der Waals surface area contributed by atoms with Crippen molar-refractivity contribution in [2.45, 2.75) is 38.3 Å². The Labute approximate surface area is 212 Å². The molecule has 0 aliphatic heterocycles. The number of aromatic nitrogens is 5. The molecule has 1 fully saturated rings. The molecule has 5 aromatic rings. The van der Waals surface area contributed by atoms with Crippen LogP contribution in [0.15, 0.2) is 67.1 Å². The zero-order valence-corrected chi connectivity index (χ0v) is 20.3. The molecule has 10 heteroatoms. The molecular formula is C27H27FN6O3. The summed E-state index contributed by atoms with van der Waals surface area (Å²) in [7, 11) is 1.91. The Kier molecular flexibility index (Phi) is 7.09. The van der Waals surface area contributed by atoms with E-state index in [2.05, 4.69) is 25.0 Å². The summed E-state index contributed by atoms with van der Waals surface area (Å²) >= 11 is 0. The number of hydrogen-bond donors (Lipinski definition) is 2. The van der Waals surface area contributed by atoms with E-state index in [4.69, 9.17) is 5.11 Å². The second-order valence-corrected chi connectivity index (χ2v) is 9.04. The van der Waals surface area contributed by atoms with Crippen LogP contribution < -0.4 is 4.90 Å². The van der Waals surface area contributed by atoms with E-state index in [1.807, 2.05) is 60.5 Å². The first kappa shape index (κ1) is 24.4. The zero-order valence-electron chi connectivity index (χ0n) is 20.3. The van der Waals surface area contributed by atoms with Crippen LogP contribution in [0.2, 0.25) is 0 Å². The van der Waals surface area contributed by atoms with Gasteiger partial charge in [0.05, 0.1) is 18.0 Å². The van der Waals surface area contributed by atoms with Crippen LogP contribution >= 0.6 is 0 Å². The number of aromatic amines is 1. The predicted octanol–water partition coefficient (Wildman–Crippen LogP) is 4.87. The molecule has 1 aromatic carbocycles. The molecule has 190 valence electrons. The van der Waals surface area contributed by atoms with Gasteiger partial charge in [0, 0.05) is 47.5 Å². The lowest BCUT2D eigenvalue weighted by molar-refractivity contribution is -0.0786. The van der Waals surface area contributed by atoms with Gasteiger partial charge in [-0.3, -0.25) is 0 Å². The Hall–Kier alpha value is -4.31. The summed E-state index contributed by atoms with van der Waals surface area (Å²) in [6, 6.07) is 15.6. The number of aliphatic hydroxyl groups excluding tert-OH is 1. The predicted molar refractivity (Wildman–Crippen MR) is 138 cm³/mol. The van der Waals surface area contributed by atoms with Crippen molar-refractivity contribution >= 4 is 28.5 Å². The Bertz CT molecular complexity index is 1510. The number of benzene rings is 1. The molecule has 1 aliphatic carbocycles. The normalized spacial score (nSPS) is 13.5. The monoisotopic (exact) mass is 502 g/mol.